The van der Waals surface area contributed by atoms with Crippen molar-refractivity contribution < 1.29 is 9.47 Å². The number of rotatable bonds is 4. The van der Waals surface area contributed by atoms with Gasteiger partial charge >= 0.3 is 0 Å². The van der Waals surface area contributed by atoms with Gasteiger partial charge < -0.3 is 9.47 Å². The minimum atomic E-state index is -0.00167. The number of hydrogen-bond donors (Lipinski definition) is 0. The summed E-state index contributed by atoms with van der Waals surface area (Å²) in [6.07, 6.45) is 10.6. The van der Waals surface area contributed by atoms with Crippen LogP contribution in [0.3, 0.4) is 0 Å². The fourth-order valence-corrected chi connectivity index (χ4v) is 3.70. The van der Waals surface area contributed by atoms with Crippen molar-refractivity contribution in [2.24, 2.45) is 0 Å². The molecule has 2 saturated heterocycles. The molecule has 0 radical (unpaired) electrons. The first-order valence-corrected chi connectivity index (χ1v) is 8.63. The molecule has 2 aliphatic heterocycles. The van der Waals surface area contributed by atoms with Crippen LogP contribution in [0.25, 0.3) is 0 Å². The maximum atomic E-state index is 6.18. The summed E-state index contributed by atoms with van der Waals surface area (Å²) in [7, 11) is 0. The van der Waals surface area contributed by atoms with Crippen LogP contribution in [0.1, 0.15) is 24.8 Å². The maximum Gasteiger partial charge on any atom is 0.138 e. The third kappa shape index (κ3) is 3.57. The molecule has 0 aliphatic carbocycles. The summed E-state index contributed by atoms with van der Waals surface area (Å²) < 4.78 is 12.2. The minimum Gasteiger partial charge on any atom is -0.486 e. The van der Waals surface area contributed by atoms with E-state index in [1.54, 1.807) is 12.4 Å². The van der Waals surface area contributed by atoms with Gasteiger partial charge in [0.1, 0.15) is 11.9 Å². The number of ether oxygens (including phenoxy) is 2. The largest absolute Gasteiger partial charge is 0.486 e. The van der Waals surface area contributed by atoms with Gasteiger partial charge in [0, 0.05) is 44.6 Å². The minimum absolute atomic E-state index is 0.00167. The Kier molecular flexibility index (Phi) is 4.45. The Hall–Kier alpha value is -1.98. The number of nitrogens with zero attached hydrogens (tertiary/aromatic N) is 3. The van der Waals surface area contributed by atoms with E-state index in [-0.39, 0.29) is 11.7 Å². The molecule has 0 amide bonds. The number of likely N-dealkylation sites (tertiary alicyclic amines) is 1. The zero-order chi connectivity index (χ0) is 16.2. The molecule has 2 aliphatic rings. The van der Waals surface area contributed by atoms with Gasteiger partial charge in [-0.2, -0.15) is 0 Å². The highest BCUT2D eigenvalue weighted by atomic mass is 16.6. The molecule has 0 bridgehead atoms. The second kappa shape index (κ2) is 6.87. The summed E-state index contributed by atoms with van der Waals surface area (Å²) in [6, 6.07) is 7.99. The molecule has 5 nitrogen and oxygen atoms in total. The first-order valence-electron chi connectivity index (χ1n) is 8.63. The van der Waals surface area contributed by atoms with Gasteiger partial charge in [-0.3, -0.25) is 14.9 Å². The third-order valence-electron chi connectivity index (χ3n) is 5.01. The summed E-state index contributed by atoms with van der Waals surface area (Å²) in [5, 5.41) is 0. The lowest BCUT2D eigenvalue weighted by atomic mass is 9.88. The Morgan fingerprint density at radius 1 is 1.12 bits per heavy atom. The van der Waals surface area contributed by atoms with Crippen molar-refractivity contribution in [3.8, 4) is 5.75 Å². The van der Waals surface area contributed by atoms with Gasteiger partial charge in [-0.15, -0.1) is 0 Å². The van der Waals surface area contributed by atoms with E-state index in [9.17, 15) is 0 Å². The van der Waals surface area contributed by atoms with Crippen LogP contribution in [0.4, 0.5) is 0 Å². The maximum absolute atomic E-state index is 6.18. The molecule has 24 heavy (non-hydrogen) atoms. The summed E-state index contributed by atoms with van der Waals surface area (Å²) in [4.78, 5) is 10.8. The molecular formula is C19H23N3O2. The van der Waals surface area contributed by atoms with E-state index in [0.717, 1.165) is 44.6 Å². The van der Waals surface area contributed by atoms with E-state index in [0.29, 0.717) is 6.61 Å². The van der Waals surface area contributed by atoms with Crippen LogP contribution < -0.4 is 4.74 Å². The van der Waals surface area contributed by atoms with Crippen LogP contribution in [0, 0.1) is 0 Å². The highest BCUT2D eigenvalue weighted by molar-refractivity contribution is 5.16. The monoisotopic (exact) mass is 325 g/mol. The summed E-state index contributed by atoms with van der Waals surface area (Å²) in [5.74, 6) is 0.831. The van der Waals surface area contributed by atoms with Crippen LogP contribution in [0.5, 0.6) is 5.75 Å². The zero-order valence-corrected chi connectivity index (χ0v) is 13.8. The molecule has 2 aromatic heterocycles. The molecule has 0 N–H and O–H groups in total. The second-order valence-electron chi connectivity index (χ2n) is 6.76. The first kappa shape index (κ1) is 15.5. The van der Waals surface area contributed by atoms with Crippen LogP contribution >= 0.6 is 0 Å². The fourth-order valence-electron chi connectivity index (χ4n) is 3.70. The van der Waals surface area contributed by atoms with E-state index in [2.05, 4.69) is 20.9 Å². The number of pyridine rings is 2. The van der Waals surface area contributed by atoms with Gasteiger partial charge in [0.05, 0.1) is 18.4 Å². The summed E-state index contributed by atoms with van der Waals surface area (Å²) in [6.45, 7) is 3.78. The molecular weight excluding hydrogens is 302 g/mol. The van der Waals surface area contributed by atoms with E-state index >= 15 is 0 Å². The standard InChI is InChI=1S/C19H23N3O2/c1-3-16(12-20-7-1)14-22-9-5-19(6-10-22)11-18(15-23-19)24-17-4-2-8-21-13-17/h1-4,7-8,12-13,18H,5-6,9-11,14-15H2/t18-/m1/s1. The number of aromatic nitrogens is 2. The number of hydrogen-bond acceptors (Lipinski definition) is 5. The van der Waals surface area contributed by atoms with Crippen molar-refractivity contribution in [2.75, 3.05) is 19.7 Å². The SMILES string of the molecule is c1cncc(CN2CCC3(CC2)C[C@@H](Oc2cccnc2)CO3)c1. The topological polar surface area (TPSA) is 47.5 Å². The molecule has 4 heterocycles. The number of piperidine rings is 1. The Labute approximate surface area is 142 Å². The van der Waals surface area contributed by atoms with Gasteiger partial charge in [0.2, 0.25) is 0 Å². The van der Waals surface area contributed by atoms with Gasteiger partial charge in [0.15, 0.2) is 0 Å². The van der Waals surface area contributed by atoms with Crippen molar-refractivity contribution in [3.05, 3.63) is 54.6 Å². The van der Waals surface area contributed by atoms with Crippen molar-refractivity contribution in [1.82, 2.24) is 14.9 Å². The van der Waals surface area contributed by atoms with Gasteiger partial charge in [0.25, 0.3) is 0 Å². The van der Waals surface area contributed by atoms with Crippen LogP contribution in [0.15, 0.2) is 49.1 Å². The lowest BCUT2D eigenvalue weighted by Crippen LogP contribution is -2.44. The smallest absolute Gasteiger partial charge is 0.138 e. The summed E-state index contributed by atoms with van der Waals surface area (Å²) in [5.41, 5.74) is 1.27. The van der Waals surface area contributed by atoms with Crippen molar-refractivity contribution in [3.63, 3.8) is 0 Å². The molecule has 0 saturated carbocycles. The third-order valence-corrected chi connectivity index (χ3v) is 5.01. The molecule has 2 fully saturated rings. The van der Waals surface area contributed by atoms with Gasteiger partial charge in [-0.1, -0.05) is 6.07 Å². The highest BCUT2D eigenvalue weighted by Gasteiger charge is 2.43. The molecule has 1 atom stereocenters. The molecule has 0 unspecified atom stereocenters. The van der Waals surface area contributed by atoms with Gasteiger partial charge in [-0.25, -0.2) is 0 Å². The Morgan fingerprint density at radius 2 is 1.92 bits per heavy atom. The van der Waals surface area contributed by atoms with Gasteiger partial charge in [-0.05, 0) is 36.6 Å². The Bertz CT molecular complexity index is 642. The van der Waals surface area contributed by atoms with Crippen LogP contribution in [0.2, 0.25) is 0 Å². The predicted octanol–water partition coefficient (Wildman–Crippen LogP) is 2.68. The normalized spacial score (nSPS) is 23.4. The van der Waals surface area contributed by atoms with E-state index < -0.39 is 0 Å². The lowest BCUT2D eigenvalue weighted by molar-refractivity contribution is -0.0454. The van der Waals surface area contributed by atoms with E-state index in [4.69, 9.17) is 9.47 Å². The van der Waals surface area contributed by atoms with E-state index in [1.807, 2.05) is 30.6 Å². The highest BCUT2D eigenvalue weighted by Crippen LogP contribution is 2.37. The van der Waals surface area contributed by atoms with E-state index in [1.165, 1.54) is 5.56 Å². The molecule has 0 aromatic carbocycles. The molecule has 126 valence electrons. The fraction of sp³-hybridized carbons (Fsp3) is 0.474. The lowest BCUT2D eigenvalue weighted by Gasteiger charge is -2.38. The zero-order valence-electron chi connectivity index (χ0n) is 13.8. The van der Waals surface area contributed by atoms with Crippen molar-refractivity contribution in [1.29, 1.82) is 0 Å². The summed E-state index contributed by atoms with van der Waals surface area (Å²) >= 11 is 0. The average molecular weight is 325 g/mol. The Morgan fingerprint density at radius 3 is 2.62 bits per heavy atom. The Balaban J connectivity index is 1.29. The van der Waals surface area contributed by atoms with Crippen molar-refractivity contribution in [2.45, 2.75) is 37.5 Å². The first-order chi connectivity index (χ1) is 11.8. The molecule has 2 aromatic rings. The average Bonchev–Trinajstić information content (AvgIpc) is 3.01. The van der Waals surface area contributed by atoms with Crippen LogP contribution in [-0.4, -0.2) is 46.3 Å². The predicted molar refractivity (Wildman–Crippen MR) is 90.7 cm³/mol. The quantitative estimate of drug-likeness (QED) is 0.865. The van der Waals surface area contributed by atoms with Crippen LogP contribution in [-0.2, 0) is 11.3 Å². The molecule has 5 heteroatoms. The molecule has 1 spiro atoms. The second-order valence-corrected chi connectivity index (χ2v) is 6.76. The molecule has 4 rings (SSSR count). The van der Waals surface area contributed by atoms with Crippen molar-refractivity contribution >= 4 is 0 Å².